The fourth-order valence-corrected chi connectivity index (χ4v) is 3.86. The van der Waals surface area contributed by atoms with Crippen molar-refractivity contribution in [2.45, 2.75) is 43.7 Å². The second-order valence-corrected chi connectivity index (χ2v) is 8.45. The molecule has 2 fully saturated rings. The Morgan fingerprint density at radius 3 is 2.11 bits per heavy atom. The normalized spacial score (nSPS) is 27.7. The predicted octanol–water partition coefficient (Wildman–Crippen LogP) is -0.379. The van der Waals surface area contributed by atoms with E-state index in [9.17, 15) is 15.0 Å². The molecule has 1 amide bonds. The van der Waals surface area contributed by atoms with Gasteiger partial charge < -0.3 is 48.7 Å². The minimum absolute atomic E-state index is 0.0286. The monoisotopic (exact) mass is 499 g/mol. The minimum Gasteiger partial charge on any atom is -0.388 e. The van der Waals surface area contributed by atoms with Gasteiger partial charge in [-0.25, -0.2) is 0 Å². The van der Waals surface area contributed by atoms with E-state index < -0.39 is 30.1 Å². The Morgan fingerprint density at radius 1 is 0.943 bits per heavy atom. The molecule has 0 aromatic heterocycles. The Bertz CT molecular complexity index is 738. The zero-order valence-corrected chi connectivity index (χ0v) is 20.1. The Kier molecular flexibility index (Phi) is 11.8. The van der Waals surface area contributed by atoms with Crippen molar-refractivity contribution in [2.24, 2.45) is 0 Å². The van der Waals surface area contributed by atoms with E-state index in [-0.39, 0.29) is 25.7 Å². The summed E-state index contributed by atoms with van der Waals surface area (Å²) in [6, 6.07) is 9.15. The fraction of sp³-hybridized carbons (Fsp3) is 0.708. The van der Waals surface area contributed by atoms with Crippen LogP contribution in [-0.4, -0.2) is 112 Å². The number of aliphatic hydroxyl groups is 2. The number of aliphatic hydroxyl groups excluding tert-OH is 2. The summed E-state index contributed by atoms with van der Waals surface area (Å²) in [5.41, 5.74) is -0.0351. The zero-order valence-electron chi connectivity index (χ0n) is 20.1. The highest BCUT2D eigenvalue weighted by Gasteiger charge is 2.59. The number of ether oxygens (including phenoxy) is 7. The van der Waals surface area contributed by atoms with Gasteiger partial charge in [0.15, 0.2) is 6.29 Å². The van der Waals surface area contributed by atoms with Crippen molar-refractivity contribution in [2.75, 3.05) is 66.1 Å². The summed E-state index contributed by atoms with van der Waals surface area (Å²) in [5, 5.41) is 23.4. The highest BCUT2D eigenvalue weighted by molar-refractivity contribution is 5.73. The van der Waals surface area contributed by atoms with Crippen molar-refractivity contribution in [1.82, 2.24) is 5.32 Å². The molecule has 2 saturated heterocycles. The first-order valence-electron chi connectivity index (χ1n) is 11.9. The zero-order chi connectivity index (χ0) is 24.9. The molecule has 198 valence electrons. The summed E-state index contributed by atoms with van der Waals surface area (Å²) < 4.78 is 38.8. The van der Waals surface area contributed by atoms with E-state index in [1.54, 1.807) is 0 Å². The summed E-state index contributed by atoms with van der Waals surface area (Å²) in [4.78, 5) is 11.3. The van der Waals surface area contributed by atoms with E-state index in [2.05, 4.69) is 5.32 Å². The van der Waals surface area contributed by atoms with E-state index >= 15 is 0 Å². The highest BCUT2D eigenvalue weighted by Crippen LogP contribution is 2.37. The molecule has 5 unspecified atom stereocenters. The number of hydrogen-bond acceptors (Lipinski definition) is 10. The third kappa shape index (κ3) is 8.74. The first kappa shape index (κ1) is 27.9. The van der Waals surface area contributed by atoms with E-state index in [0.29, 0.717) is 52.9 Å². The van der Waals surface area contributed by atoms with Crippen molar-refractivity contribution in [3.8, 4) is 0 Å². The lowest BCUT2D eigenvalue weighted by molar-refractivity contribution is -0.238. The van der Waals surface area contributed by atoms with Crippen LogP contribution in [0.4, 0.5) is 0 Å². The van der Waals surface area contributed by atoms with Crippen molar-refractivity contribution in [1.29, 1.82) is 0 Å². The van der Waals surface area contributed by atoms with Gasteiger partial charge in [-0.15, -0.1) is 0 Å². The number of benzene rings is 1. The number of nitrogens with one attached hydrogen (secondary N) is 1. The molecule has 11 heteroatoms. The van der Waals surface area contributed by atoms with Gasteiger partial charge in [0.1, 0.15) is 23.9 Å². The largest absolute Gasteiger partial charge is 0.388 e. The second kappa shape index (κ2) is 14.8. The third-order valence-corrected chi connectivity index (χ3v) is 5.68. The molecule has 0 radical (unpaired) electrons. The highest BCUT2D eigenvalue weighted by atomic mass is 16.8. The van der Waals surface area contributed by atoms with E-state index in [4.69, 9.17) is 33.2 Å². The lowest BCUT2D eigenvalue weighted by Crippen LogP contribution is -2.66. The summed E-state index contributed by atoms with van der Waals surface area (Å²) >= 11 is 0. The summed E-state index contributed by atoms with van der Waals surface area (Å²) in [5.74, 6) is -0.345. The lowest BCUT2D eigenvalue weighted by Gasteiger charge is -2.42. The topological polar surface area (TPSA) is 134 Å². The van der Waals surface area contributed by atoms with Crippen LogP contribution in [-0.2, 0) is 44.6 Å². The smallest absolute Gasteiger partial charge is 0.217 e. The Hall–Kier alpha value is -1.67. The van der Waals surface area contributed by atoms with Crippen LogP contribution in [0, 0.1) is 0 Å². The molecule has 0 spiro atoms. The number of amides is 1. The molecule has 1 aromatic rings. The summed E-state index contributed by atoms with van der Waals surface area (Å²) in [7, 11) is 0. The molecule has 3 rings (SSSR count). The number of carbonyl (C=O) groups is 1. The van der Waals surface area contributed by atoms with Gasteiger partial charge in [-0.3, -0.25) is 4.79 Å². The molecule has 11 nitrogen and oxygen atoms in total. The van der Waals surface area contributed by atoms with Crippen LogP contribution in [0.3, 0.4) is 0 Å². The van der Waals surface area contributed by atoms with Gasteiger partial charge >= 0.3 is 0 Å². The summed E-state index contributed by atoms with van der Waals surface area (Å²) in [6.45, 7) is 5.45. The number of rotatable bonds is 17. The maximum absolute atomic E-state index is 11.3. The van der Waals surface area contributed by atoms with Crippen molar-refractivity contribution in [3.05, 3.63) is 35.9 Å². The molecule has 3 N–H and O–H groups in total. The van der Waals surface area contributed by atoms with E-state index in [1.165, 1.54) is 6.92 Å². The van der Waals surface area contributed by atoms with Crippen LogP contribution in [0.5, 0.6) is 0 Å². The van der Waals surface area contributed by atoms with Gasteiger partial charge in [0, 0.05) is 6.92 Å². The number of fused-ring (bicyclic) bond motifs is 2. The van der Waals surface area contributed by atoms with Crippen LogP contribution < -0.4 is 5.32 Å². The quantitative estimate of drug-likeness (QED) is 0.244. The van der Waals surface area contributed by atoms with Crippen LogP contribution in [0.15, 0.2) is 30.3 Å². The van der Waals surface area contributed by atoms with Crippen molar-refractivity contribution >= 4 is 5.91 Å². The first-order valence-corrected chi connectivity index (χ1v) is 11.9. The molecule has 2 aliphatic heterocycles. The van der Waals surface area contributed by atoms with Crippen LogP contribution in [0.25, 0.3) is 0 Å². The molecule has 2 heterocycles. The van der Waals surface area contributed by atoms with Gasteiger partial charge in [0.05, 0.1) is 72.7 Å². The number of carbonyl (C=O) groups excluding carboxylic acids is 1. The Balaban J connectivity index is 1.13. The predicted molar refractivity (Wildman–Crippen MR) is 123 cm³/mol. The average molecular weight is 500 g/mol. The van der Waals surface area contributed by atoms with Crippen LogP contribution in [0.2, 0.25) is 0 Å². The molecule has 2 bridgehead atoms. The van der Waals surface area contributed by atoms with Gasteiger partial charge in [-0.1, -0.05) is 30.3 Å². The average Bonchev–Trinajstić information content (AvgIpc) is 3.26. The lowest BCUT2D eigenvalue weighted by atomic mass is 9.88. The standard InChI is InChI=1S/C24H37NO10/c1-18(26)25-20-21(27)22(28)24(17-34-23(20)35-24)16-33-14-12-31-10-8-29-7-9-30-11-13-32-15-19-5-3-2-4-6-19/h2-6,20-23,27-28H,7-17H2,1H3,(H,25,26). The molecule has 2 aliphatic rings. The van der Waals surface area contributed by atoms with Gasteiger partial charge in [-0.05, 0) is 5.56 Å². The molecule has 0 aliphatic carbocycles. The maximum atomic E-state index is 11.3. The Morgan fingerprint density at radius 2 is 1.51 bits per heavy atom. The Labute approximate surface area is 205 Å². The first-order chi connectivity index (χ1) is 17.0. The maximum Gasteiger partial charge on any atom is 0.217 e. The SMILES string of the molecule is CC(=O)NC1C2OCC(COCCOCCOCCOCCOCc3ccccc3)(O2)C(O)C1O. The van der Waals surface area contributed by atoms with E-state index in [0.717, 1.165) is 5.56 Å². The molecule has 35 heavy (non-hydrogen) atoms. The summed E-state index contributed by atoms with van der Waals surface area (Å²) in [6.07, 6.45) is -3.31. The fourth-order valence-electron chi connectivity index (χ4n) is 3.86. The van der Waals surface area contributed by atoms with Crippen LogP contribution >= 0.6 is 0 Å². The van der Waals surface area contributed by atoms with Gasteiger partial charge in [0.2, 0.25) is 5.91 Å². The van der Waals surface area contributed by atoms with Crippen molar-refractivity contribution < 1.29 is 48.2 Å². The van der Waals surface area contributed by atoms with Gasteiger partial charge in [-0.2, -0.15) is 0 Å². The minimum atomic E-state index is -1.26. The van der Waals surface area contributed by atoms with Crippen LogP contribution in [0.1, 0.15) is 12.5 Å². The molecule has 0 saturated carbocycles. The molecule has 5 atom stereocenters. The van der Waals surface area contributed by atoms with E-state index in [1.807, 2.05) is 30.3 Å². The second-order valence-electron chi connectivity index (χ2n) is 8.45. The molecule has 1 aromatic carbocycles. The molecular weight excluding hydrogens is 462 g/mol. The molecular formula is C24H37NO10. The third-order valence-electron chi connectivity index (χ3n) is 5.68. The van der Waals surface area contributed by atoms with Crippen molar-refractivity contribution in [3.63, 3.8) is 0 Å². The van der Waals surface area contributed by atoms with Gasteiger partial charge in [0.25, 0.3) is 0 Å². The number of hydrogen-bond donors (Lipinski definition) is 3.